The van der Waals surface area contributed by atoms with Gasteiger partial charge in [0, 0.05) is 11.3 Å². The van der Waals surface area contributed by atoms with Crippen molar-refractivity contribution in [2.75, 3.05) is 0 Å². The van der Waals surface area contributed by atoms with Gasteiger partial charge >= 0.3 is 5.97 Å². The molecule has 0 aromatic heterocycles. The van der Waals surface area contributed by atoms with Crippen LogP contribution in [0.1, 0.15) is 66.2 Å². The fourth-order valence-electron chi connectivity index (χ4n) is 7.14. The molecule has 0 aliphatic heterocycles. The molecule has 5 nitrogen and oxygen atoms in total. The summed E-state index contributed by atoms with van der Waals surface area (Å²) in [7, 11) is 0. The van der Waals surface area contributed by atoms with E-state index < -0.39 is 12.3 Å². The second kappa shape index (κ2) is 7.44. The van der Waals surface area contributed by atoms with Crippen molar-refractivity contribution in [1.29, 1.82) is 0 Å². The number of aliphatic hydroxyl groups is 1. The Balaban J connectivity index is 1.54. The number of carbonyl (C=O) groups is 3. The number of ketones is 2. The van der Waals surface area contributed by atoms with Crippen LogP contribution in [0.3, 0.4) is 0 Å². The lowest BCUT2D eigenvalue weighted by molar-refractivity contribution is -0.182. The topological polar surface area (TPSA) is 80.7 Å². The molecule has 164 valence electrons. The van der Waals surface area contributed by atoms with E-state index in [1.54, 1.807) is 19.9 Å². The van der Waals surface area contributed by atoms with Gasteiger partial charge in [-0.15, -0.1) is 0 Å². The standard InChI is InChI=1S/C25H34O5/c1-14(2)22(28)30-23(29)21(27)20-8-7-18-17-6-5-15-13-16(26)9-11-24(15,3)19(17)10-12-25(18,20)4/h9,11,13-14,17-20,23,29H,5-8,10,12H2,1-4H3/t17-,18-,19-,20+,23?,24-,25-/m0/s1. The number of allylic oxidation sites excluding steroid dienone is 4. The van der Waals surface area contributed by atoms with Crippen molar-refractivity contribution < 1.29 is 24.2 Å². The van der Waals surface area contributed by atoms with Gasteiger partial charge in [0.1, 0.15) is 0 Å². The second-order valence-electron chi connectivity index (χ2n) is 10.6. The van der Waals surface area contributed by atoms with Crippen LogP contribution in [0.5, 0.6) is 0 Å². The maximum Gasteiger partial charge on any atom is 0.311 e. The zero-order chi connectivity index (χ0) is 21.8. The number of hydrogen-bond acceptors (Lipinski definition) is 5. The van der Waals surface area contributed by atoms with E-state index in [1.165, 1.54) is 5.57 Å². The van der Waals surface area contributed by atoms with Gasteiger partial charge in [-0.05, 0) is 73.8 Å². The maximum atomic E-state index is 13.1. The smallest absolute Gasteiger partial charge is 0.311 e. The molecule has 3 saturated carbocycles. The molecule has 4 aliphatic rings. The van der Waals surface area contributed by atoms with E-state index in [1.807, 2.05) is 6.08 Å². The van der Waals surface area contributed by atoms with Crippen LogP contribution in [0.4, 0.5) is 0 Å². The summed E-state index contributed by atoms with van der Waals surface area (Å²) >= 11 is 0. The van der Waals surface area contributed by atoms with Crippen LogP contribution in [0.15, 0.2) is 23.8 Å². The molecule has 0 aromatic carbocycles. The Morgan fingerprint density at radius 2 is 1.87 bits per heavy atom. The fourth-order valence-corrected chi connectivity index (χ4v) is 7.14. The minimum Gasteiger partial charge on any atom is -0.428 e. The third-order valence-corrected chi connectivity index (χ3v) is 8.84. The molecular formula is C25H34O5. The van der Waals surface area contributed by atoms with Gasteiger partial charge in [-0.2, -0.15) is 0 Å². The number of rotatable bonds is 4. The predicted octanol–water partition coefficient (Wildman–Crippen LogP) is 4.00. The van der Waals surface area contributed by atoms with E-state index in [0.29, 0.717) is 17.8 Å². The first-order chi connectivity index (χ1) is 14.1. The molecule has 3 fully saturated rings. The monoisotopic (exact) mass is 414 g/mol. The number of aliphatic hydroxyl groups excluding tert-OH is 1. The highest BCUT2D eigenvalue weighted by molar-refractivity contribution is 6.01. The third kappa shape index (κ3) is 3.21. The minimum atomic E-state index is -1.66. The molecule has 4 rings (SSSR count). The summed E-state index contributed by atoms with van der Waals surface area (Å²) in [5.74, 6) is -0.0206. The van der Waals surface area contributed by atoms with Gasteiger partial charge in [0.25, 0.3) is 6.29 Å². The summed E-state index contributed by atoms with van der Waals surface area (Å²) in [5.41, 5.74) is 1.03. The summed E-state index contributed by atoms with van der Waals surface area (Å²) in [6, 6.07) is 0. The summed E-state index contributed by atoms with van der Waals surface area (Å²) in [4.78, 5) is 36.8. The lowest BCUT2D eigenvalue weighted by Crippen LogP contribution is -2.51. The van der Waals surface area contributed by atoms with Gasteiger partial charge in [-0.25, -0.2) is 0 Å². The molecular weight excluding hydrogens is 380 g/mol. The molecule has 0 amide bonds. The van der Waals surface area contributed by atoms with Crippen molar-refractivity contribution >= 4 is 17.5 Å². The van der Waals surface area contributed by atoms with Gasteiger partial charge in [-0.3, -0.25) is 14.4 Å². The van der Waals surface area contributed by atoms with E-state index >= 15 is 0 Å². The number of carbonyl (C=O) groups excluding carboxylic acids is 3. The molecule has 1 unspecified atom stereocenters. The van der Waals surface area contributed by atoms with Crippen molar-refractivity contribution in [3.8, 4) is 0 Å². The van der Waals surface area contributed by atoms with Crippen molar-refractivity contribution in [3.63, 3.8) is 0 Å². The van der Waals surface area contributed by atoms with Crippen LogP contribution >= 0.6 is 0 Å². The van der Waals surface area contributed by atoms with E-state index in [0.717, 1.165) is 38.5 Å². The van der Waals surface area contributed by atoms with Crippen LogP contribution in [-0.2, 0) is 19.1 Å². The van der Waals surface area contributed by atoms with Gasteiger partial charge in [0.05, 0.1) is 5.92 Å². The Bertz CT molecular complexity index is 823. The Kier molecular flexibility index (Phi) is 5.32. The average Bonchev–Trinajstić information content (AvgIpc) is 3.04. The highest BCUT2D eigenvalue weighted by Crippen LogP contribution is 2.66. The highest BCUT2D eigenvalue weighted by atomic mass is 16.6. The third-order valence-electron chi connectivity index (χ3n) is 8.84. The minimum absolute atomic E-state index is 0.0629. The lowest BCUT2D eigenvalue weighted by atomic mass is 9.47. The van der Waals surface area contributed by atoms with Crippen molar-refractivity contribution in [2.24, 2.45) is 40.4 Å². The second-order valence-corrected chi connectivity index (χ2v) is 10.6. The number of ether oxygens (including phenoxy) is 1. The first-order valence-electron chi connectivity index (χ1n) is 11.4. The Labute approximate surface area is 178 Å². The Morgan fingerprint density at radius 3 is 2.57 bits per heavy atom. The van der Waals surface area contributed by atoms with Crippen LogP contribution in [0.2, 0.25) is 0 Å². The van der Waals surface area contributed by atoms with Gasteiger partial charge < -0.3 is 9.84 Å². The zero-order valence-corrected chi connectivity index (χ0v) is 18.5. The van der Waals surface area contributed by atoms with Crippen LogP contribution < -0.4 is 0 Å². The van der Waals surface area contributed by atoms with Crippen LogP contribution in [0, 0.1) is 40.4 Å². The quantitative estimate of drug-likeness (QED) is 0.556. The molecule has 0 radical (unpaired) electrons. The highest BCUT2D eigenvalue weighted by Gasteiger charge is 2.60. The van der Waals surface area contributed by atoms with Gasteiger partial charge in [0.15, 0.2) is 5.78 Å². The SMILES string of the molecule is CC(C)C(=O)OC(O)C(=O)[C@H]1CC[C@H]2[C@@H]3CCC4=CC(=O)C=C[C@]4(C)[C@H]3CC[C@]12C. The van der Waals surface area contributed by atoms with E-state index in [-0.39, 0.29) is 34.2 Å². The molecule has 1 N–H and O–H groups in total. The first-order valence-corrected chi connectivity index (χ1v) is 11.4. The van der Waals surface area contributed by atoms with Crippen molar-refractivity contribution in [2.45, 2.75) is 72.5 Å². The molecule has 7 atom stereocenters. The van der Waals surface area contributed by atoms with Crippen molar-refractivity contribution in [1.82, 2.24) is 0 Å². The van der Waals surface area contributed by atoms with Gasteiger partial charge in [-0.1, -0.05) is 39.3 Å². The van der Waals surface area contributed by atoms with E-state index in [2.05, 4.69) is 19.9 Å². The summed E-state index contributed by atoms with van der Waals surface area (Å²) in [6.07, 6.45) is 9.65. The Hall–Kier alpha value is -1.75. The van der Waals surface area contributed by atoms with E-state index in [9.17, 15) is 19.5 Å². The Morgan fingerprint density at radius 1 is 1.13 bits per heavy atom. The lowest BCUT2D eigenvalue weighted by Gasteiger charge is -2.57. The number of esters is 1. The molecule has 4 aliphatic carbocycles. The number of Topliss-reactive ketones (excluding diaryl/α,β-unsaturated/α-hetero) is 1. The summed E-state index contributed by atoms with van der Waals surface area (Å²) in [6.45, 7) is 7.85. The van der Waals surface area contributed by atoms with E-state index in [4.69, 9.17) is 4.74 Å². The fraction of sp³-hybridized carbons (Fsp3) is 0.720. The van der Waals surface area contributed by atoms with Gasteiger partial charge in [0.2, 0.25) is 5.78 Å². The molecule has 0 heterocycles. The normalized spacial score (nSPS) is 40.9. The summed E-state index contributed by atoms with van der Waals surface area (Å²) in [5, 5.41) is 10.3. The molecule has 30 heavy (non-hydrogen) atoms. The molecule has 0 bridgehead atoms. The molecule has 5 heteroatoms. The molecule has 0 spiro atoms. The summed E-state index contributed by atoms with van der Waals surface area (Å²) < 4.78 is 5.03. The van der Waals surface area contributed by atoms with Crippen molar-refractivity contribution in [3.05, 3.63) is 23.8 Å². The first kappa shape index (κ1) is 21.5. The molecule has 0 aromatic rings. The van der Waals surface area contributed by atoms with Crippen LogP contribution in [-0.4, -0.2) is 28.9 Å². The average molecular weight is 415 g/mol. The number of hydrogen-bond donors (Lipinski definition) is 1. The van der Waals surface area contributed by atoms with Crippen LogP contribution in [0.25, 0.3) is 0 Å². The number of fused-ring (bicyclic) bond motifs is 5. The zero-order valence-electron chi connectivity index (χ0n) is 18.5. The predicted molar refractivity (Wildman–Crippen MR) is 112 cm³/mol. The molecule has 0 saturated heterocycles. The largest absolute Gasteiger partial charge is 0.428 e. The maximum absolute atomic E-state index is 13.1.